The normalized spacial score (nSPS) is 10.8. The van der Waals surface area contributed by atoms with Crippen molar-refractivity contribution in [2.45, 2.75) is 26.8 Å². The van der Waals surface area contributed by atoms with Crippen LogP contribution in [0.4, 0.5) is 0 Å². The molecule has 0 bridgehead atoms. The lowest BCUT2D eigenvalue weighted by atomic mass is 10.0. The zero-order valence-corrected chi connectivity index (χ0v) is 16.6. The molecule has 0 radical (unpaired) electrons. The minimum atomic E-state index is 0.0131. The van der Waals surface area contributed by atoms with E-state index in [0.29, 0.717) is 18.1 Å². The summed E-state index contributed by atoms with van der Waals surface area (Å²) in [6.07, 6.45) is 0.356. The number of nitrogens with zero attached hydrogens (tertiary/aromatic N) is 3. The summed E-state index contributed by atoms with van der Waals surface area (Å²) < 4.78 is 6.25. The molecular formula is C20H20BrN3O2. The highest BCUT2D eigenvalue weighted by Gasteiger charge is 2.16. The lowest BCUT2D eigenvalue weighted by Crippen LogP contribution is -2.28. The maximum Gasteiger partial charge on any atom is 0.246 e. The third-order valence-electron chi connectivity index (χ3n) is 4.19. The molecule has 0 saturated heterocycles. The SMILES string of the molecule is Cc1ccc(CC(=O)N(C)Cc2nc(-c3cccc(Br)c3)no2)c(C)c1. The Hall–Kier alpha value is -2.47. The average molecular weight is 414 g/mol. The predicted molar refractivity (Wildman–Crippen MR) is 104 cm³/mol. The number of hydrogen-bond donors (Lipinski definition) is 0. The monoisotopic (exact) mass is 413 g/mol. The van der Waals surface area contributed by atoms with Crippen LogP contribution in [0.3, 0.4) is 0 Å². The number of aromatic nitrogens is 2. The Morgan fingerprint density at radius 2 is 2.00 bits per heavy atom. The first-order valence-corrected chi connectivity index (χ1v) is 9.10. The standard InChI is InChI=1S/C20H20BrN3O2/c1-13-7-8-15(14(2)9-13)11-19(25)24(3)12-18-22-20(23-26-18)16-5-4-6-17(21)10-16/h4-10H,11-12H2,1-3H3. The lowest BCUT2D eigenvalue weighted by molar-refractivity contribution is -0.130. The molecule has 0 atom stereocenters. The minimum Gasteiger partial charge on any atom is -0.337 e. The summed E-state index contributed by atoms with van der Waals surface area (Å²) in [4.78, 5) is 18.5. The van der Waals surface area contributed by atoms with Gasteiger partial charge in [-0.2, -0.15) is 4.98 Å². The molecule has 2 aromatic carbocycles. The van der Waals surface area contributed by atoms with Crippen molar-refractivity contribution >= 4 is 21.8 Å². The highest BCUT2D eigenvalue weighted by molar-refractivity contribution is 9.10. The van der Waals surface area contributed by atoms with E-state index < -0.39 is 0 Å². The first-order chi connectivity index (χ1) is 12.4. The molecule has 26 heavy (non-hydrogen) atoms. The Bertz CT molecular complexity index is 936. The van der Waals surface area contributed by atoms with Gasteiger partial charge in [0.05, 0.1) is 13.0 Å². The summed E-state index contributed by atoms with van der Waals surface area (Å²) in [5, 5.41) is 4.00. The fraction of sp³-hybridized carbons (Fsp3) is 0.250. The highest BCUT2D eigenvalue weighted by atomic mass is 79.9. The molecule has 1 heterocycles. The van der Waals surface area contributed by atoms with Gasteiger partial charge in [-0.25, -0.2) is 0 Å². The van der Waals surface area contributed by atoms with Crippen LogP contribution in [-0.2, 0) is 17.8 Å². The molecule has 3 aromatic rings. The second-order valence-electron chi connectivity index (χ2n) is 6.38. The lowest BCUT2D eigenvalue weighted by Gasteiger charge is -2.15. The van der Waals surface area contributed by atoms with Gasteiger partial charge in [0, 0.05) is 17.1 Å². The average Bonchev–Trinajstić information content (AvgIpc) is 3.06. The predicted octanol–water partition coefficient (Wildman–Crippen LogP) is 4.32. The number of likely N-dealkylation sites (N-methyl/N-ethyl adjacent to an activating group) is 1. The Morgan fingerprint density at radius 1 is 1.19 bits per heavy atom. The quantitative estimate of drug-likeness (QED) is 0.624. The summed E-state index contributed by atoms with van der Waals surface area (Å²) in [6.45, 7) is 4.35. The van der Waals surface area contributed by atoms with E-state index in [1.165, 1.54) is 5.56 Å². The van der Waals surface area contributed by atoms with Crippen LogP contribution in [0.2, 0.25) is 0 Å². The Kier molecular flexibility index (Phi) is 5.52. The number of rotatable bonds is 5. The second-order valence-corrected chi connectivity index (χ2v) is 7.29. The number of aryl methyl sites for hydroxylation is 2. The van der Waals surface area contributed by atoms with Gasteiger partial charge < -0.3 is 9.42 Å². The minimum absolute atomic E-state index is 0.0131. The number of carbonyl (C=O) groups excluding carboxylic acids is 1. The molecule has 0 aliphatic rings. The molecule has 0 saturated carbocycles. The van der Waals surface area contributed by atoms with E-state index in [2.05, 4.69) is 32.1 Å². The number of hydrogen-bond acceptors (Lipinski definition) is 4. The molecule has 1 amide bonds. The molecule has 3 rings (SSSR count). The van der Waals surface area contributed by atoms with Crippen molar-refractivity contribution in [2.24, 2.45) is 0 Å². The zero-order chi connectivity index (χ0) is 18.7. The smallest absolute Gasteiger partial charge is 0.246 e. The largest absolute Gasteiger partial charge is 0.337 e. The van der Waals surface area contributed by atoms with E-state index in [-0.39, 0.29) is 12.5 Å². The molecule has 0 fully saturated rings. The van der Waals surface area contributed by atoms with Gasteiger partial charge >= 0.3 is 0 Å². The molecule has 0 N–H and O–H groups in total. The summed E-state index contributed by atoms with van der Waals surface area (Å²) in [7, 11) is 1.74. The molecular weight excluding hydrogens is 394 g/mol. The second kappa shape index (κ2) is 7.83. The number of amides is 1. The number of carbonyl (C=O) groups is 1. The van der Waals surface area contributed by atoms with E-state index in [4.69, 9.17) is 4.52 Å². The van der Waals surface area contributed by atoms with Crippen LogP contribution in [-0.4, -0.2) is 28.0 Å². The van der Waals surface area contributed by atoms with Crippen LogP contribution in [0, 0.1) is 13.8 Å². The van der Waals surface area contributed by atoms with Crippen LogP contribution >= 0.6 is 15.9 Å². The maximum absolute atomic E-state index is 12.5. The summed E-state index contributed by atoms with van der Waals surface area (Å²) in [5.74, 6) is 0.937. The third-order valence-corrected chi connectivity index (χ3v) is 4.68. The van der Waals surface area contributed by atoms with E-state index >= 15 is 0 Å². The topological polar surface area (TPSA) is 59.2 Å². The summed E-state index contributed by atoms with van der Waals surface area (Å²) >= 11 is 3.43. The van der Waals surface area contributed by atoms with Crippen molar-refractivity contribution in [1.82, 2.24) is 15.0 Å². The van der Waals surface area contributed by atoms with E-state index in [1.54, 1.807) is 11.9 Å². The van der Waals surface area contributed by atoms with Crippen LogP contribution < -0.4 is 0 Å². The van der Waals surface area contributed by atoms with Gasteiger partial charge in [-0.1, -0.05) is 57.0 Å². The van der Waals surface area contributed by atoms with Crippen LogP contribution in [0.15, 0.2) is 51.5 Å². The molecule has 0 spiro atoms. The zero-order valence-electron chi connectivity index (χ0n) is 15.0. The highest BCUT2D eigenvalue weighted by Crippen LogP contribution is 2.20. The molecule has 0 aliphatic carbocycles. The van der Waals surface area contributed by atoms with Gasteiger partial charge in [0.2, 0.25) is 17.6 Å². The van der Waals surface area contributed by atoms with Crippen molar-refractivity contribution in [1.29, 1.82) is 0 Å². The fourth-order valence-corrected chi connectivity index (χ4v) is 3.10. The molecule has 1 aromatic heterocycles. The maximum atomic E-state index is 12.5. The van der Waals surface area contributed by atoms with Crippen molar-refractivity contribution in [2.75, 3.05) is 7.05 Å². The van der Waals surface area contributed by atoms with Crippen molar-refractivity contribution in [3.8, 4) is 11.4 Å². The molecule has 134 valence electrons. The van der Waals surface area contributed by atoms with Gasteiger partial charge in [-0.3, -0.25) is 4.79 Å². The van der Waals surface area contributed by atoms with Gasteiger partial charge in [0.25, 0.3) is 0 Å². The Morgan fingerprint density at radius 3 is 2.73 bits per heavy atom. The third kappa shape index (κ3) is 4.38. The Labute approximate surface area is 161 Å². The van der Waals surface area contributed by atoms with Crippen molar-refractivity contribution < 1.29 is 9.32 Å². The van der Waals surface area contributed by atoms with Crippen molar-refractivity contribution in [3.63, 3.8) is 0 Å². The summed E-state index contributed by atoms with van der Waals surface area (Å²) in [6, 6.07) is 13.8. The van der Waals surface area contributed by atoms with Gasteiger partial charge in [-0.15, -0.1) is 0 Å². The molecule has 0 aliphatic heterocycles. The van der Waals surface area contributed by atoms with Gasteiger partial charge in [-0.05, 0) is 37.1 Å². The first-order valence-electron chi connectivity index (χ1n) is 8.31. The van der Waals surface area contributed by atoms with Gasteiger partial charge in [0.1, 0.15) is 0 Å². The van der Waals surface area contributed by atoms with Crippen LogP contribution in [0.5, 0.6) is 0 Å². The van der Waals surface area contributed by atoms with E-state index in [9.17, 15) is 4.79 Å². The summed E-state index contributed by atoms with van der Waals surface area (Å²) in [5.41, 5.74) is 4.21. The van der Waals surface area contributed by atoms with Crippen LogP contribution in [0.1, 0.15) is 22.6 Å². The first kappa shape index (κ1) is 18.3. The van der Waals surface area contributed by atoms with Crippen LogP contribution in [0.25, 0.3) is 11.4 Å². The van der Waals surface area contributed by atoms with Gasteiger partial charge in [0.15, 0.2) is 0 Å². The molecule has 6 heteroatoms. The number of halogens is 1. The Balaban J connectivity index is 1.66. The fourth-order valence-electron chi connectivity index (χ4n) is 2.70. The molecule has 5 nitrogen and oxygen atoms in total. The molecule has 0 unspecified atom stereocenters. The van der Waals surface area contributed by atoms with E-state index in [1.807, 2.05) is 50.2 Å². The van der Waals surface area contributed by atoms with Crippen molar-refractivity contribution in [3.05, 3.63) is 69.5 Å². The van der Waals surface area contributed by atoms with E-state index in [0.717, 1.165) is 21.2 Å². The number of benzene rings is 2.